The molecular weight excluding hydrogens is 314 g/mol. The van der Waals surface area contributed by atoms with Gasteiger partial charge in [0.15, 0.2) is 0 Å². The van der Waals surface area contributed by atoms with Crippen LogP contribution >= 0.6 is 0 Å². The first-order valence-corrected chi connectivity index (χ1v) is 9.11. The van der Waals surface area contributed by atoms with Crippen LogP contribution in [0.2, 0.25) is 0 Å². The summed E-state index contributed by atoms with van der Waals surface area (Å²) < 4.78 is 28.1. The zero-order valence-corrected chi connectivity index (χ0v) is 14.2. The monoisotopic (exact) mass is 337 g/mol. The summed E-state index contributed by atoms with van der Waals surface area (Å²) in [5.41, 5.74) is 0.831. The molecule has 0 amide bonds. The largest absolute Gasteiger partial charge is 0.396 e. The third-order valence-electron chi connectivity index (χ3n) is 3.54. The van der Waals surface area contributed by atoms with Gasteiger partial charge in [0, 0.05) is 42.4 Å². The number of nitrogens with one attached hydrogen (secondary N) is 2. The van der Waals surface area contributed by atoms with E-state index < -0.39 is 10.0 Å². The van der Waals surface area contributed by atoms with Gasteiger partial charge in [0.25, 0.3) is 0 Å². The van der Waals surface area contributed by atoms with E-state index in [1.54, 1.807) is 24.5 Å². The number of hydrogen-bond donors (Lipinski definition) is 3. The first kappa shape index (κ1) is 17.8. The summed E-state index contributed by atoms with van der Waals surface area (Å²) in [6.07, 6.45) is 3.98. The van der Waals surface area contributed by atoms with E-state index in [1.165, 1.54) is 0 Å². The van der Waals surface area contributed by atoms with Crippen molar-refractivity contribution in [2.75, 3.05) is 19.7 Å². The number of benzene rings is 1. The Morgan fingerprint density at radius 3 is 2.83 bits per heavy atom. The Bertz CT molecular complexity index is 757. The second-order valence-corrected chi connectivity index (χ2v) is 7.30. The van der Waals surface area contributed by atoms with Crippen molar-refractivity contribution >= 4 is 20.8 Å². The van der Waals surface area contributed by atoms with Crippen molar-refractivity contribution in [2.45, 2.75) is 31.2 Å². The van der Waals surface area contributed by atoms with Gasteiger partial charge in [-0.25, -0.2) is 13.1 Å². The molecule has 6 nitrogen and oxygen atoms in total. The van der Waals surface area contributed by atoms with E-state index in [0.29, 0.717) is 24.9 Å². The fourth-order valence-electron chi connectivity index (χ4n) is 2.49. The van der Waals surface area contributed by atoms with Crippen molar-refractivity contribution in [3.8, 4) is 0 Å². The van der Waals surface area contributed by atoms with Crippen LogP contribution in [0.4, 0.5) is 0 Å². The van der Waals surface area contributed by atoms with Gasteiger partial charge in [-0.15, -0.1) is 0 Å². The fourth-order valence-corrected chi connectivity index (χ4v) is 4.03. The van der Waals surface area contributed by atoms with Gasteiger partial charge < -0.3 is 10.4 Å². The lowest BCUT2D eigenvalue weighted by molar-refractivity contribution is 0.285. The molecule has 0 aliphatic carbocycles. The Labute approximate surface area is 137 Å². The number of aliphatic hydroxyl groups excluding tert-OH is 1. The van der Waals surface area contributed by atoms with E-state index in [1.807, 2.05) is 19.9 Å². The number of fused-ring (bicyclic) bond motifs is 1. The zero-order chi connectivity index (χ0) is 16.9. The molecule has 1 aromatic heterocycles. The maximum atomic E-state index is 12.7. The van der Waals surface area contributed by atoms with Crippen LogP contribution in [0.5, 0.6) is 0 Å². The van der Waals surface area contributed by atoms with Gasteiger partial charge in [-0.1, -0.05) is 12.1 Å². The van der Waals surface area contributed by atoms with E-state index >= 15 is 0 Å². The van der Waals surface area contributed by atoms with Gasteiger partial charge in [0.1, 0.15) is 0 Å². The first-order chi connectivity index (χ1) is 11.0. The number of aliphatic hydroxyl groups is 1. The molecule has 1 heterocycles. The van der Waals surface area contributed by atoms with E-state index in [2.05, 4.69) is 15.0 Å². The lowest BCUT2D eigenvalue weighted by atomic mass is 10.1. The molecule has 1 atom stereocenters. The van der Waals surface area contributed by atoms with Gasteiger partial charge in [-0.05, 0) is 38.4 Å². The topological polar surface area (TPSA) is 91.3 Å². The van der Waals surface area contributed by atoms with Crippen molar-refractivity contribution in [3.63, 3.8) is 0 Å². The van der Waals surface area contributed by atoms with Crippen LogP contribution in [0.1, 0.15) is 18.9 Å². The number of sulfonamides is 1. The summed E-state index contributed by atoms with van der Waals surface area (Å²) in [6.45, 7) is 4.94. The van der Waals surface area contributed by atoms with E-state index in [0.717, 1.165) is 10.9 Å². The summed E-state index contributed by atoms with van der Waals surface area (Å²) in [5, 5.41) is 13.4. The van der Waals surface area contributed by atoms with Gasteiger partial charge >= 0.3 is 0 Å². The highest BCUT2D eigenvalue weighted by molar-refractivity contribution is 7.89. The smallest absolute Gasteiger partial charge is 0.241 e. The van der Waals surface area contributed by atoms with Crippen LogP contribution in [-0.2, 0) is 10.0 Å². The van der Waals surface area contributed by atoms with E-state index in [9.17, 15) is 8.42 Å². The van der Waals surface area contributed by atoms with Gasteiger partial charge in [0.05, 0.1) is 4.90 Å². The second-order valence-electron chi connectivity index (χ2n) is 5.61. The summed E-state index contributed by atoms with van der Waals surface area (Å²) in [6, 6.07) is 4.94. The molecule has 0 radical (unpaired) electrons. The lowest BCUT2D eigenvalue weighted by Gasteiger charge is -2.16. The molecule has 0 aliphatic heterocycles. The Morgan fingerprint density at radius 1 is 1.30 bits per heavy atom. The molecule has 0 saturated carbocycles. The maximum absolute atomic E-state index is 12.7. The minimum Gasteiger partial charge on any atom is -0.396 e. The van der Waals surface area contributed by atoms with Gasteiger partial charge in [-0.3, -0.25) is 4.98 Å². The molecule has 1 aromatic carbocycles. The molecule has 0 saturated heterocycles. The number of rotatable bonds is 8. The molecule has 0 aliphatic rings. The summed E-state index contributed by atoms with van der Waals surface area (Å²) in [4.78, 5) is 4.38. The van der Waals surface area contributed by atoms with Crippen molar-refractivity contribution < 1.29 is 13.5 Å². The highest BCUT2D eigenvalue weighted by Crippen LogP contribution is 2.25. The standard InChI is InChI=1S/C16H23N3O3S/c1-12-9-18-11-14-5-3-6-15(16(12)14)23(21,22)19-13(2)10-17-7-4-8-20/h3,5-6,9,11,13,17,19-20H,4,7-8,10H2,1-2H3. The van der Waals surface area contributed by atoms with Crippen molar-refractivity contribution in [1.29, 1.82) is 0 Å². The minimum atomic E-state index is -3.62. The zero-order valence-electron chi connectivity index (χ0n) is 13.4. The third kappa shape index (κ3) is 4.48. The summed E-state index contributed by atoms with van der Waals surface area (Å²) >= 11 is 0. The number of pyridine rings is 1. The fraction of sp³-hybridized carbons (Fsp3) is 0.438. The minimum absolute atomic E-state index is 0.121. The molecule has 0 fully saturated rings. The summed E-state index contributed by atoms with van der Waals surface area (Å²) in [7, 11) is -3.62. The highest BCUT2D eigenvalue weighted by Gasteiger charge is 2.20. The highest BCUT2D eigenvalue weighted by atomic mass is 32.2. The quantitative estimate of drug-likeness (QED) is 0.629. The van der Waals surface area contributed by atoms with Crippen LogP contribution in [0.25, 0.3) is 10.8 Å². The average Bonchev–Trinajstić information content (AvgIpc) is 2.51. The molecule has 2 rings (SSSR count). The second kappa shape index (κ2) is 7.83. The van der Waals surface area contributed by atoms with Crippen LogP contribution in [-0.4, -0.2) is 44.2 Å². The van der Waals surface area contributed by atoms with Crippen molar-refractivity contribution in [1.82, 2.24) is 15.0 Å². The normalized spacial score (nSPS) is 13.3. The Kier molecular flexibility index (Phi) is 6.06. The van der Waals surface area contributed by atoms with E-state index in [4.69, 9.17) is 5.11 Å². The SMILES string of the molecule is Cc1cncc2cccc(S(=O)(=O)NC(C)CNCCCO)c12. The predicted octanol–water partition coefficient (Wildman–Crippen LogP) is 1.18. The average molecular weight is 337 g/mol. The molecule has 3 N–H and O–H groups in total. The molecule has 7 heteroatoms. The molecule has 2 aromatic rings. The number of aryl methyl sites for hydroxylation is 1. The van der Waals surface area contributed by atoms with Crippen LogP contribution < -0.4 is 10.0 Å². The summed E-state index contributed by atoms with van der Waals surface area (Å²) in [5.74, 6) is 0. The molecular formula is C16H23N3O3S. The van der Waals surface area contributed by atoms with Crippen molar-refractivity contribution in [3.05, 3.63) is 36.2 Å². The molecule has 126 valence electrons. The number of nitrogens with zero attached hydrogens (tertiary/aromatic N) is 1. The Balaban J connectivity index is 2.20. The first-order valence-electron chi connectivity index (χ1n) is 7.63. The lowest BCUT2D eigenvalue weighted by Crippen LogP contribution is -2.40. The number of hydrogen-bond acceptors (Lipinski definition) is 5. The maximum Gasteiger partial charge on any atom is 0.241 e. The van der Waals surface area contributed by atoms with E-state index in [-0.39, 0.29) is 17.5 Å². The molecule has 0 bridgehead atoms. The van der Waals surface area contributed by atoms with Crippen LogP contribution in [0, 0.1) is 6.92 Å². The van der Waals surface area contributed by atoms with Crippen LogP contribution in [0.3, 0.4) is 0 Å². The predicted molar refractivity (Wildman–Crippen MR) is 90.8 cm³/mol. The third-order valence-corrected chi connectivity index (χ3v) is 5.17. The Morgan fingerprint density at radius 2 is 2.09 bits per heavy atom. The molecule has 23 heavy (non-hydrogen) atoms. The molecule has 1 unspecified atom stereocenters. The van der Waals surface area contributed by atoms with Crippen LogP contribution in [0.15, 0.2) is 35.5 Å². The van der Waals surface area contributed by atoms with Crippen molar-refractivity contribution in [2.24, 2.45) is 0 Å². The molecule has 0 spiro atoms. The Hall–Kier alpha value is -1.54. The van der Waals surface area contributed by atoms with Gasteiger partial charge in [-0.2, -0.15) is 0 Å². The van der Waals surface area contributed by atoms with Gasteiger partial charge in [0.2, 0.25) is 10.0 Å². The number of aromatic nitrogens is 1.